The summed E-state index contributed by atoms with van der Waals surface area (Å²) in [6, 6.07) is 0. The second-order valence-corrected chi connectivity index (χ2v) is 2.57. The quantitative estimate of drug-likeness (QED) is 0.492. The van der Waals surface area contributed by atoms with Crippen molar-refractivity contribution in [3.8, 4) is 0 Å². The second-order valence-electron chi connectivity index (χ2n) is 2.57. The lowest BCUT2D eigenvalue weighted by Gasteiger charge is -2.18. The average Bonchev–Trinajstić information content (AvgIpc) is 2.19. The number of nitrogens with two attached hydrogens (primary N) is 1. The zero-order valence-corrected chi connectivity index (χ0v) is 7.19. The zero-order valence-electron chi connectivity index (χ0n) is 7.19. The summed E-state index contributed by atoms with van der Waals surface area (Å²) in [5, 5.41) is 11.6. The van der Waals surface area contributed by atoms with Gasteiger partial charge in [0.25, 0.3) is 5.92 Å². The highest BCUT2D eigenvalue weighted by molar-refractivity contribution is 4.80. The summed E-state index contributed by atoms with van der Waals surface area (Å²) in [5.41, 5.74) is 4.50. The van der Waals surface area contributed by atoms with Crippen molar-refractivity contribution in [2.75, 3.05) is 20.1 Å². The first kappa shape index (κ1) is 11.7. The Morgan fingerprint density at radius 2 is 2.00 bits per heavy atom. The SMILES string of the molecule is CN.OC1CCNCCC1(F)F. The molecular formula is C7H16F2N2O. The maximum absolute atomic E-state index is 12.6. The van der Waals surface area contributed by atoms with Crippen LogP contribution in [0, 0.1) is 0 Å². The molecule has 1 saturated heterocycles. The van der Waals surface area contributed by atoms with Crippen LogP contribution in [0.5, 0.6) is 0 Å². The van der Waals surface area contributed by atoms with Gasteiger partial charge < -0.3 is 16.2 Å². The molecule has 0 saturated carbocycles. The van der Waals surface area contributed by atoms with E-state index in [-0.39, 0.29) is 12.8 Å². The van der Waals surface area contributed by atoms with Crippen LogP contribution in [0.1, 0.15) is 12.8 Å². The van der Waals surface area contributed by atoms with Crippen molar-refractivity contribution >= 4 is 0 Å². The Morgan fingerprint density at radius 3 is 2.58 bits per heavy atom. The summed E-state index contributed by atoms with van der Waals surface area (Å²) >= 11 is 0. The molecule has 1 rings (SSSR count). The average molecular weight is 182 g/mol. The largest absolute Gasteiger partial charge is 0.387 e. The van der Waals surface area contributed by atoms with Gasteiger partial charge in [0, 0.05) is 13.0 Å². The Kier molecular flexibility index (Phi) is 5.28. The summed E-state index contributed by atoms with van der Waals surface area (Å²) in [4.78, 5) is 0. The smallest absolute Gasteiger partial charge is 0.274 e. The molecule has 1 atom stereocenters. The van der Waals surface area contributed by atoms with Crippen LogP contribution in [0.15, 0.2) is 0 Å². The van der Waals surface area contributed by atoms with E-state index >= 15 is 0 Å². The zero-order chi connectivity index (χ0) is 9.61. The van der Waals surface area contributed by atoms with E-state index in [0.29, 0.717) is 13.1 Å². The molecule has 12 heavy (non-hydrogen) atoms. The number of aliphatic hydroxyl groups excluding tert-OH is 1. The van der Waals surface area contributed by atoms with Crippen LogP contribution in [-0.2, 0) is 0 Å². The van der Waals surface area contributed by atoms with Crippen molar-refractivity contribution in [2.24, 2.45) is 5.73 Å². The number of alkyl halides is 2. The number of rotatable bonds is 0. The first-order valence-electron chi connectivity index (χ1n) is 3.97. The molecule has 0 amide bonds. The molecule has 5 heteroatoms. The molecule has 0 aliphatic carbocycles. The standard InChI is InChI=1S/C6H11F2NO.CH5N/c7-6(8)2-4-9-3-1-5(6)10;1-2/h5,9-10H,1-4H2;2H2,1H3. The van der Waals surface area contributed by atoms with Crippen LogP contribution in [0.4, 0.5) is 8.78 Å². The molecule has 1 heterocycles. The molecule has 74 valence electrons. The minimum absolute atomic E-state index is 0.146. The van der Waals surface area contributed by atoms with Crippen molar-refractivity contribution < 1.29 is 13.9 Å². The molecule has 4 N–H and O–H groups in total. The Hall–Kier alpha value is -0.260. The van der Waals surface area contributed by atoms with Crippen LogP contribution in [-0.4, -0.2) is 37.3 Å². The van der Waals surface area contributed by atoms with Crippen LogP contribution in [0.25, 0.3) is 0 Å². The predicted octanol–water partition coefficient (Wildman–Crippen LogP) is -0.0591. The maximum atomic E-state index is 12.6. The topological polar surface area (TPSA) is 58.3 Å². The molecule has 0 aromatic heterocycles. The minimum Gasteiger partial charge on any atom is -0.387 e. The van der Waals surface area contributed by atoms with Crippen molar-refractivity contribution in [1.82, 2.24) is 5.32 Å². The van der Waals surface area contributed by atoms with Gasteiger partial charge >= 0.3 is 0 Å². The minimum atomic E-state index is -2.89. The lowest BCUT2D eigenvalue weighted by molar-refractivity contribution is -0.108. The van der Waals surface area contributed by atoms with Gasteiger partial charge in [-0.25, -0.2) is 8.78 Å². The Balaban J connectivity index is 0.000000561. The van der Waals surface area contributed by atoms with E-state index in [1.807, 2.05) is 0 Å². The fourth-order valence-electron chi connectivity index (χ4n) is 0.997. The van der Waals surface area contributed by atoms with Crippen molar-refractivity contribution in [3.05, 3.63) is 0 Å². The van der Waals surface area contributed by atoms with Crippen molar-refractivity contribution in [1.29, 1.82) is 0 Å². The highest BCUT2D eigenvalue weighted by Crippen LogP contribution is 2.25. The van der Waals surface area contributed by atoms with Gasteiger partial charge in [0.15, 0.2) is 0 Å². The fraction of sp³-hybridized carbons (Fsp3) is 1.00. The van der Waals surface area contributed by atoms with Gasteiger partial charge in [-0.2, -0.15) is 0 Å². The summed E-state index contributed by atoms with van der Waals surface area (Å²) in [5.74, 6) is -2.89. The summed E-state index contributed by atoms with van der Waals surface area (Å²) < 4.78 is 25.1. The lowest BCUT2D eigenvalue weighted by Crippen LogP contribution is -2.32. The number of nitrogens with one attached hydrogen (secondary N) is 1. The molecule has 0 spiro atoms. The predicted molar refractivity (Wildman–Crippen MR) is 43.2 cm³/mol. The van der Waals surface area contributed by atoms with E-state index in [4.69, 9.17) is 5.11 Å². The number of aliphatic hydroxyl groups is 1. The maximum Gasteiger partial charge on any atom is 0.274 e. The highest BCUT2D eigenvalue weighted by Gasteiger charge is 2.38. The van der Waals surface area contributed by atoms with Crippen LogP contribution < -0.4 is 11.1 Å². The lowest BCUT2D eigenvalue weighted by atomic mass is 10.1. The van der Waals surface area contributed by atoms with Crippen LogP contribution >= 0.6 is 0 Å². The summed E-state index contributed by atoms with van der Waals surface area (Å²) in [6.07, 6.45) is -1.57. The molecule has 0 bridgehead atoms. The number of halogens is 2. The molecule has 0 aromatic rings. The third-order valence-electron chi connectivity index (χ3n) is 1.72. The molecule has 1 aliphatic heterocycles. The van der Waals surface area contributed by atoms with Gasteiger partial charge in [0.05, 0.1) is 0 Å². The Bertz CT molecular complexity index is 122. The third-order valence-corrected chi connectivity index (χ3v) is 1.72. The molecule has 1 fully saturated rings. The fourth-order valence-corrected chi connectivity index (χ4v) is 0.997. The molecule has 1 aliphatic rings. The highest BCUT2D eigenvalue weighted by atomic mass is 19.3. The first-order chi connectivity index (χ1) is 5.63. The summed E-state index contributed by atoms with van der Waals surface area (Å²) in [7, 11) is 1.50. The van der Waals surface area contributed by atoms with Gasteiger partial charge in [-0.3, -0.25) is 0 Å². The molecular weight excluding hydrogens is 166 g/mol. The molecule has 0 radical (unpaired) electrons. The van der Waals surface area contributed by atoms with Gasteiger partial charge in [0.1, 0.15) is 6.10 Å². The molecule has 3 nitrogen and oxygen atoms in total. The van der Waals surface area contributed by atoms with Gasteiger partial charge in [-0.1, -0.05) is 0 Å². The van der Waals surface area contributed by atoms with E-state index in [1.165, 1.54) is 7.05 Å². The monoisotopic (exact) mass is 182 g/mol. The molecule has 0 aromatic carbocycles. The Morgan fingerprint density at radius 1 is 1.42 bits per heavy atom. The van der Waals surface area contributed by atoms with E-state index in [2.05, 4.69) is 11.1 Å². The number of hydrogen-bond donors (Lipinski definition) is 3. The van der Waals surface area contributed by atoms with Crippen LogP contribution in [0.2, 0.25) is 0 Å². The third kappa shape index (κ3) is 3.42. The van der Waals surface area contributed by atoms with Crippen LogP contribution in [0.3, 0.4) is 0 Å². The van der Waals surface area contributed by atoms with Gasteiger partial charge in [0.2, 0.25) is 0 Å². The van der Waals surface area contributed by atoms with E-state index in [1.54, 1.807) is 0 Å². The number of hydrogen-bond acceptors (Lipinski definition) is 3. The molecule has 1 unspecified atom stereocenters. The van der Waals surface area contributed by atoms with E-state index in [0.717, 1.165) is 0 Å². The summed E-state index contributed by atoms with van der Waals surface area (Å²) in [6.45, 7) is 0.779. The first-order valence-corrected chi connectivity index (χ1v) is 3.97. The van der Waals surface area contributed by atoms with Gasteiger partial charge in [-0.15, -0.1) is 0 Å². The van der Waals surface area contributed by atoms with E-state index in [9.17, 15) is 8.78 Å². The van der Waals surface area contributed by atoms with Crippen molar-refractivity contribution in [2.45, 2.75) is 24.9 Å². The van der Waals surface area contributed by atoms with Crippen molar-refractivity contribution in [3.63, 3.8) is 0 Å². The Labute approximate surface area is 70.9 Å². The van der Waals surface area contributed by atoms with Gasteiger partial charge in [-0.05, 0) is 20.0 Å². The van der Waals surface area contributed by atoms with E-state index < -0.39 is 12.0 Å². The second kappa shape index (κ2) is 5.40. The normalized spacial score (nSPS) is 28.2.